The highest BCUT2D eigenvalue weighted by Crippen LogP contribution is 2.11. The van der Waals surface area contributed by atoms with Crippen molar-refractivity contribution in [1.29, 1.82) is 0 Å². The smallest absolute Gasteiger partial charge is 0.243 e. The summed E-state index contributed by atoms with van der Waals surface area (Å²) < 4.78 is 0. The van der Waals surface area contributed by atoms with Gasteiger partial charge in [-0.3, -0.25) is 9.79 Å². The highest BCUT2D eigenvalue weighted by atomic mass is 16.1. The Morgan fingerprint density at radius 2 is 1.88 bits per heavy atom. The number of hydrogen-bond donors (Lipinski definition) is 3. The first kappa shape index (κ1) is 18.5. The average molecular weight is 338 g/mol. The number of aliphatic imine (C=N–C) groups is 1. The Labute approximate surface area is 149 Å². The maximum atomic E-state index is 12.1. The van der Waals surface area contributed by atoms with Gasteiger partial charge in [0.1, 0.15) is 0 Å². The molecule has 2 aromatic rings. The molecule has 25 heavy (non-hydrogen) atoms. The molecule has 0 saturated carbocycles. The predicted octanol–water partition coefficient (Wildman–Crippen LogP) is 3.11. The Balaban J connectivity index is 1.84. The molecule has 0 aliphatic rings. The van der Waals surface area contributed by atoms with Crippen LogP contribution in [0, 0.1) is 0 Å². The van der Waals surface area contributed by atoms with E-state index < -0.39 is 0 Å². The highest BCUT2D eigenvalue weighted by Gasteiger charge is 2.09. The summed E-state index contributed by atoms with van der Waals surface area (Å²) in [6.45, 7) is 4.29. The largest absolute Gasteiger partial charge is 0.350 e. The van der Waals surface area contributed by atoms with Crippen molar-refractivity contribution >= 4 is 17.6 Å². The van der Waals surface area contributed by atoms with Crippen molar-refractivity contribution in [3.63, 3.8) is 0 Å². The summed E-state index contributed by atoms with van der Waals surface area (Å²) in [6, 6.07) is 18.1. The van der Waals surface area contributed by atoms with E-state index in [4.69, 9.17) is 0 Å². The van der Waals surface area contributed by atoms with Gasteiger partial charge in [-0.25, -0.2) is 0 Å². The van der Waals surface area contributed by atoms with Crippen molar-refractivity contribution in [2.24, 2.45) is 4.99 Å². The van der Waals surface area contributed by atoms with Gasteiger partial charge < -0.3 is 16.0 Å². The zero-order valence-electron chi connectivity index (χ0n) is 15.0. The SMILES string of the molecule is CCc1cccc(NC(=O)CNC(=NC)NC(C)c2ccccc2)c1. The lowest BCUT2D eigenvalue weighted by atomic mass is 10.1. The monoisotopic (exact) mass is 338 g/mol. The van der Waals surface area contributed by atoms with Gasteiger partial charge in [0.05, 0.1) is 12.6 Å². The van der Waals surface area contributed by atoms with Gasteiger partial charge in [-0.05, 0) is 36.6 Å². The molecule has 0 fully saturated rings. The van der Waals surface area contributed by atoms with E-state index in [2.05, 4.69) is 46.9 Å². The molecule has 5 nitrogen and oxygen atoms in total. The third-order valence-electron chi connectivity index (χ3n) is 3.91. The van der Waals surface area contributed by atoms with Crippen molar-refractivity contribution in [3.8, 4) is 0 Å². The van der Waals surface area contributed by atoms with Gasteiger partial charge in [0.2, 0.25) is 5.91 Å². The molecule has 2 rings (SSSR count). The zero-order chi connectivity index (χ0) is 18.1. The number of guanidine groups is 1. The first-order valence-corrected chi connectivity index (χ1v) is 8.53. The number of rotatable bonds is 6. The van der Waals surface area contributed by atoms with Crippen LogP contribution in [0.4, 0.5) is 5.69 Å². The van der Waals surface area contributed by atoms with Crippen LogP contribution in [-0.2, 0) is 11.2 Å². The van der Waals surface area contributed by atoms with Gasteiger partial charge >= 0.3 is 0 Å². The van der Waals surface area contributed by atoms with Crippen LogP contribution in [0.1, 0.15) is 31.0 Å². The van der Waals surface area contributed by atoms with Crippen LogP contribution in [0.2, 0.25) is 0 Å². The predicted molar refractivity (Wildman–Crippen MR) is 104 cm³/mol. The van der Waals surface area contributed by atoms with E-state index in [0.717, 1.165) is 17.7 Å². The normalized spacial score (nSPS) is 12.4. The number of carbonyl (C=O) groups excluding carboxylic acids is 1. The fourth-order valence-corrected chi connectivity index (χ4v) is 2.46. The minimum Gasteiger partial charge on any atom is -0.350 e. The lowest BCUT2D eigenvalue weighted by Gasteiger charge is -2.18. The molecule has 3 N–H and O–H groups in total. The summed E-state index contributed by atoms with van der Waals surface area (Å²) in [5.74, 6) is 0.484. The lowest BCUT2D eigenvalue weighted by Crippen LogP contribution is -2.42. The second-order valence-electron chi connectivity index (χ2n) is 5.80. The van der Waals surface area contributed by atoms with E-state index in [1.54, 1.807) is 7.05 Å². The standard InChI is InChI=1S/C20H26N4O/c1-4-16-9-8-12-18(13-16)24-19(25)14-22-20(21-3)23-15(2)17-10-6-5-7-11-17/h5-13,15H,4,14H2,1-3H3,(H,24,25)(H2,21,22,23). The Morgan fingerprint density at radius 1 is 1.12 bits per heavy atom. The summed E-state index contributed by atoms with van der Waals surface area (Å²) in [4.78, 5) is 16.3. The molecule has 0 spiro atoms. The Hall–Kier alpha value is -2.82. The van der Waals surface area contributed by atoms with E-state index in [9.17, 15) is 4.79 Å². The molecule has 1 amide bonds. The first-order chi connectivity index (χ1) is 12.1. The van der Waals surface area contributed by atoms with Gasteiger partial charge in [0.25, 0.3) is 0 Å². The zero-order valence-corrected chi connectivity index (χ0v) is 15.0. The number of aryl methyl sites for hydroxylation is 1. The van der Waals surface area contributed by atoms with Crippen LogP contribution in [-0.4, -0.2) is 25.5 Å². The van der Waals surface area contributed by atoms with Gasteiger partial charge in [0, 0.05) is 12.7 Å². The molecule has 0 heterocycles. The third-order valence-corrected chi connectivity index (χ3v) is 3.91. The number of anilines is 1. The maximum Gasteiger partial charge on any atom is 0.243 e. The Bertz CT molecular complexity index is 713. The molecule has 5 heteroatoms. The summed E-state index contributed by atoms with van der Waals surface area (Å²) in [6.07, 6.45) is 0.940. The highest BCUT2D eigenvalue weighted by molar-refractivity contribution is 5.95. The fourth-order valence-electron chi connectivity index (χ4n) is 2.46. The molecular weight excluding hydrogens is 312 g/mol. The van der Waals surface area contributed by atoms with E-state index >= 15 is 0 Å². The molecule has 0 aliphatic heterocycles. The summed E-state index contributed by atoms with van der Waals surface area (Å²) in [7, 11) is 1.69. The Kier molecular flexibility index (Phi) is 7.01. The third kappa shape index (κ3) is 5.95. The summed E-state index contributed by atoms with van der Waals surface area (Å²) >= 11 is 0. The van der Waals surface area contributed by atoms with E-state index in [0.29, 0.717) is 5.96 Å². The van der Waals surface area contributed by atoms with Crippen molar-refractivity contribution in [2.75, 3.05) is 18.9 Å². The molecule has 132 valence electrons. The van der Waals surface area contributed by atoms with E-state index in [-0.39, 0.29) is 18.5 Å². The fraction of sp³-hybridized carbons (Fsp3) is 0.300. The molecule has 0 radical (unpaired) electrons. The van der Waals surface area contributed by atoms with Crippen molar-refractivity contribution < 1.29 is 4.79 Å². The number of benzene rings is 2. The van der Waals surface area contributed by atoms with Gasteiger partial charge in [-0.2, -0.15) is 0 Å². The minimum atomic E-state index is -0.108. The van der Waals surface area contributed by atoms with Crippen molar-refractivity contribution in [2.45, 2.75) is 26.3 Å². The number of nitrogens with zero attached hydrogens (tertiary/aromatic N) is 1. The van der Waals surface area contributed by atoms with E-state index in [1.165, 1.54) is 5.56 Å². The quantitative estimate of drug-likeness (QED) is 0.560. The minimum absolute atomic E-state index is 0.0942. The van der Waals surface area contributed by atoms with Crippen LogP contribution < -0.4 is 16.0 Å². The number of nitrogens with one attached hydrogen (secondary N) is 3. The second-order valence-corrected chi connectivity index (χ2v) is 5.80. The van der Waals surface area contributed by atoms with Crippen LogP contribution >= 0.6 is 0 Å². The Morgan fingerprint density at radius 3 is 2.56 bits per heavy atom. The average Bonchev–Trinajstić information content (AvgIpc) is 2.65. The molecule has 0 aliphatic carbocycles. The van der Waals surface area contributed by atoms with Gasteiger partial charge in [-0.1, -0.05) is 49.4 Å². The molecule has 0 bridgehead atoms. The van der Waals surface area contributed by atoms with Crippen molar-refractivity contribution in [1.82, 2.24) is 10.6 Å². The number of carbonyl (C=O) groups is 1. The molecule has 1 atom stereocenters. The summed E-state index contributed by atoms with van der Waals surface area (Å²) in [5, 5.41) is 9.22. The lowest BCUT2D eigenvalue weighted by molar-refractivity contribution is -0.115. The first-order valence-electron chi connectivity index (χ1n) is 8.53. The van der Waals surface area contributed by atoms with Gasteiger partial charge in [-0.15, -0.1) is 0 Å². The molecule has 0 saturated heterocycles. The maximum absolute atomic E-state index is 12.1. The number of hydrogen-bond acceptors (Lipinski definition) is 2. The summed E-state index contributed by atoms with van der Waals surface area (Å²) in [5.41, 5.74) is 3.16. The van der Waals surface area contributed by atoms with E-state index in [1.807, 2.05) is 42.5 Å². The molecular formula is C20H26N4O. The molecule has 0 aromatic heterocycles. The topological polar surface area (TPSA) is 65.5 Å². The van der Waals surface area contributed by atoms with Crippen LogP contribution in [0.25, 0.3) is 0 Å². The van der Waals surface area contributed by atoms with Crippen molar-refractivity contribution in [3.05, 3.63) is 65.7 Å². The van der Waals surface area contributed by atoms with Gasteiger partial charge in [0.15, 0.2) is 5.96 Å². The second kappa shape index (κ2) is 9.47. The number of amides is 1. The van der Waals surface area contributed by atoms with Crippen LogP contribution in [0.3, 0.4) is 0 Å². The molecule has 2 aromatic carbocycles. The molecule has 1 unspecified atom stereocenters. The van der Waals surface area contributed by atoms with Crippen LogP contribution in [0.15, 0.2) is 59.6 Å². The van der Waals surface area contributed by atoms with Crippen LogP contribution in [0.5, 0.6) is 0 Å².